The molecule has 5 heterocycles. The molecule has 5 aliphatic heterocycles. The Bertz CT molecular complexity index is 2780. The Morgan fingerprint density at radius 1 is 0.846 bits per heavy atom. The molecule has 0 bridgehead atoms. The van der Waals surface area contributed by atoms with E-state index >= 15 is 13.6 Å². The van der Waals surface area contributed by atoms with Gasteiger partial charge in [-0.05, 0) is 130 Å². The number of carbonyl (C=O) groups excluding carboxylic acids is 5. The number of ether oxygens (including phenoxy) is 2. The normalized spacial score (nSPS) is 23.1. The van der Waals surface area contributed by atoms with Gasteiger partial charge in [-0.15, -0.1) is 37.2 Å². The molecule has 5 N–H and O–H groups in total. The number of anilines is 3. The van der Waals surface area contributed by atoms with Gasteiger partial charge in [0, 0.05) is 82.0 Å². The van der Waals surface area contributed by atoms with E-state index in [9.17, 15) is 23.6 Å². The Balaban J connectivity index is 0.00000328. The van der Waals surface area contributed by atoms with Crippen LogP contribution in [0.1, 0.15) is 74.4 Å². The number of morpholine rings is 1. The number of piperazine rings is 1. The summed E-state index contributed by atoms with van der Waals surface area (Å²) in [7, 11) is 1.62. The number of fused-ring (bicyclic) bond motifs is 2. The average molecular weight is 1150 g/mol. The second-order valence-electron chi connectivity index (χ2n) is 21.0. The fourth-order valence-corrected chi connectivity index (χ4v) is 11.2. The van der Waals surface area contributed by atoms with E-state index in [1.165, 1.54) is 23.1 Å². The molecule has 78 heavy (non-hydrogen) atoms. The minimum absolute atomic E-state index is 0. The largest absolute Gasteiger partial charge is 0.381 e. The van der Waals surface area contributed by atoms with Gasteiger partial charge in [-0.2, -0.15) is 0 Å². The van der Waals surface area contributed by atoms with Crippen LogP contribution >= 0.6 is 37.2 Å². The first-order chi connectivity index (χ1) is 36.0. The van der Waals surface area contributed by atoms with Gasteiger partial charge < -0.3 is 45.9 Å². The highest BCUT2D eigenvalue weighted by molar-refractivity contribution is 6.07. The molecular weight excluding hydrogens is 1070 g/mol. The van der Waals surface area contributed by atoms with Gasteiger partial charge in [0.2, 0.25) is 23.6 Å². The number of nitrogens with one attached hydrogen (secondary N) is 5. The SMILES string of the molecule is CN[C@@H](C)C(=O)N[C@H](C(=O)N1Cc2ccc(NC(=O)C3(C)CN(C(=O)CN4C[C@@H](C)NC[C@@H]4CN4CCOC[C@H]4C)c4cc(Cc5ccc(F)cc5)ccc43)cc2[C@H]1C(=O)Nc1c(F)cccc1F)C1CCOCC1.Cl.Cl.Cl. The number of rotatable bonds is 15. The van der Waals surface area contributed by atoms with Crippen LogP contribution in [-0.2, 0) is 51.8 Å². The molecule has 0 spiro atoms. The topological polar surface area (TPSA) is 177 Å². The third-order valence-corrected chi connectivity index (χ3v) is 15.8. The number of amides is 5. The molecule has 4 aromatic rings. The predicted molar refractivity (Wildman–Crippen MR) is 299 cm³/mol. The zero-order valence-corrected chi connectivity index (χ0v) is 46.9. The molecule has 5 amide bonds. The zero-order valence-electron chi connectivity index (χ0n) is 44.5. The van der Waals surface area contributed by atoms with Crippen molar-refractivity contribution < 1.29 is 46.6 Å². The third kappa shape index (κ3) is 13.4. The van der Waals surface area contributed by atoms with Gasteiger partial charge in [-0.25, -0.2) is 13.2 Å². The number of hydrogen-bond donors (Lipinski definition) is 5. The molecule has 0 saturated carbocycles. The lowest BCUT2D eigenvalue weighted by Crippen LogP contribution is -2.62. The molecule has 16 nitrogen and oxygen atoms in total. The van der Waals surface area contributed by atoms with Crippen LogP contribution in [0.5, 0.6) is 0 Å². The van der Waals surface area contributed by atoms with E-state index in [0.29, 0.717) is 81.2 Å². The van der Waals surface area contributed by atoms with Crippen LogP contribution < -0.4 is 31.5 Å². The summed E-state index contributed by atoms with van der Waals surface area (Å²) in [6, 6.07) is 17.4. The van der Waals surface area contributed by atoms with E-state index in [2.05, 4.69) is 50.2 Å². The average Bonchev–Trinajstić information content (AvgIpc) is 4.06. The van der Waals surface area contributed by atoms with Crippen molar-refractivity contribution in [3.05, 3.63) is 124 Å². The van der Waals surface area contributed by atoms with Gasteiger partial charge >= 0.3 is 0 Å². The summed E-state index contributed by atoms with van der Waals surface area (Å²) in [4.78, 5) is 80.5. The number of likely N-dealkylation sites (N-methyl/N-ethyl adjacent to an activating group) is 1. The Hall–Kier alpha value is -5.35. The van der Waals surface area contributed by atoms with Gasteiger partial charge in [0.15, 0.2) is 0 Å². The Kier molecular flexibility index (Phi) is 21.2. The third-order valence-electron chi connectivity index (χ3n) is 15.8. The molecule has 424 valence electrons. The lowest BCUT2D eigenvalue weighted by molar-refractivity contribution is -0.144. The minimum Gasteiger partial charge on any atom is -0.381 e. The van der Waals surface area contributed by atoms with Crippen molar-refractivity contribution in [1.82, 2.24) is 30.7 Å². The van der Waals surface area contributed by atoms with E-state index < -0.39 is 64.5 Å². The molecule has 7 atom stereocenters. The number of nitrogens with zero attached hydrogens (tertiary/aromatic N) is 4. The maximum Gasteiger partial charge on any atom is 0.252 e. The molecule has 22 heteroatoms. The first-order valence-electron chi connectivity index (χ1n) is 26.0. The summed E-state index contributed by atoms with van der Waals surface area (Å²) in [5.74, 6) is -5.22. The summed E-state index contributed by atoms with van der Waals surface area (Å²) in [6.07, 6.45) is 1.38. The van der Waals surface area contributed by atoms with E-state index in [1.807, 2.05) is 18.2 Å². The summed E-state index contributed by atoms with van der Waals surface area (Å²) in [5, 5.41) is 14.9. The molecule has 0 radical (unpaired) electrons. The summed E-state index contributed by atoms with van der Waals surface area (Å²) in [5.41, 5.74) is 2.10. The molecule has 0 aliphatic carbocycles. The highest BCUT2D eigenvalue weighted by Crippen LogP contribution is 2.44. The standard InChI is InChI=1S/C56H68F3N9O7.3ClH/c1-33-27-66(42(26-61-33)29-65-19-22-75-31-34(65)2)30-48(69)68-32-56(4,44-16-11-37(24-47(44)68)23-36-9-13-40(57)14-10-36)55(73)62-41-15-12-39-28-67(51(43(39)25-41)53(71)64-50-45(58)7-6-8-46(50)59)54(72)49(38-17-20-74-21-18-38)63-52(70)35(3)60-5;;;/h6-16,24-25,33-35,38,42,49,51,60-61H,17-23,26-32H2,1-5H3,(H,62,73)(H,63,70)(H,64,71);3*1H/t33-,34-,35+,42-,49+,51+,56?;;;/m1.../s1. The van der Waals surface area contributed by atoms with Gasteiger partial charge in [0.25, 0.3) is 5.91 Å². The van der Waals surface area contributed by atoms with Crippen molar-refractivity contribution in [3.8, 4) is 0 Å². The quantitative estimate of drug-likeness (QED) is 0.0927. The zero-order chi connectivity index (χ0) is 53.1. The highest BCUT2D eigenvalue weighted by Gasteiger charge is 2.49. The van der Waals surface area contributed by atoms with Crippen LogP contribution in [0.25, 0.3) is 0 Å². The molecule has 3 saturated heterocycles. The number of hydrogen-bond acceptors (Lipinski definition) is 11. The molecule has 0 aromatic heterocycles. The highest BCUT2D eigenvalue weighted by atomic mass is 35.5. The Labute approximate surface area is 472 Å². The van der Waals surface area contributed by atoms with Crippen LogP contribution in [0.4, 0.5) is 30.2 Å². The number of para-hydroxylation sites is 1. The monoisotopic (exact) mass is 1140 g/mol. The van der Waals surface area contributed by atoms with Crippen LogP contribution in [0.3, 0.4) is 0 Å². The van der Waals surface area contributed by atoms with Gasteiger partial charge in [-0.1, -0.05) is 36.4 Å². The first-order valence-corrected chi connectivity index (χ1v) is 26.0. The van der Waals surface area contributed by atoms with Crippen molar-refractivity contribution in [3.63, 3.8) is 0 Å². The van der Waals surface area contributed by atoms with Crippen molar-refractivity contribution in [2.75, 3.05) is 88.3 Å². The van der Waals surface area contributed by atoms with Gasteiger partial charge in [0.05, 0.1) is 31.2 Å². The van der Waals surface area contributed by atoms with Crippen LogP contribution in [0.15, 0.2) is 78.9 Å². The molecule has 4 aromatic carbocycles. The maximum absolute atomic E-state index is 15.1. The van der Waals surface area contributed by atoms with Crippen molar-refractivity contribution in [2.24, 2.45) is 5.92 Å². The molecular formula is C56H71Cl3F3N9O7. The smallest absolute Gasteiger partial charge is 0.252 e. The number of benzene rings is 4. The summed E-state index contributed by atoms with van der Waals surface area (Å²) in [6.45, 7) is 12.7. The molecule has 9 rings (SSSR count). The fraction of sp³-hybridized carbons (Fsp3) is 0.482. The lowest BCUT2D eigenvalue weighted by atomic mass is 9.82. The number of carbonyl (C=O) groups is 5. The van der Waals surface area contributed by atoms with E-state index in [0.717, 1.165) is 36.3 Å². The van der Waals surface area contributed by atoms with E-state index in [4.69, 9.17) is 9.47 Å². The van der Waals surface area contributed by atoms with E-state index in [-0.39, 0.29) is 98.3 Å². The van der Waals surface area contributed by atoms with Crippen molar-refractivity contribution in [1.29, 1.82) is 0 Å². The molecule has 1 unspecified atom stereocenters. The van der Waals surface area contributed by atoms with Crippen LogP contribution in [-0.4, -0.2) is 147 Å². The Morgan fingerprint density at radius 2 is 1.55 bits per heavy atom. The second-order valence-corrected chi connectivity index (χ2v) is 21.0. The van der Waals surface area contributed by atoms with Crippen molar-refractivity contribution in [2.45, 2.75) is 95.2 Å². The second kappa shape index (κ2) is 26.7. The van der Waals surface area contributed by atoms with Crippen LogP contribution in [0, 0.1) is 23.4 Å². The summed E-state index contributed by atoms with van der Waals surface area (Å²) >= 11 is 0. The van der Waals surface area contributed by atoms with Gasteiger partial charge in [0.1, 0.15) is 35.2 Å². The van der Waals surface area contributed by atoms with Crippen LogP contribution in [0.2, 0.25) is 0 Å². The van der Waals surface area contributed by atoms with Crippen molar-refractivity contribution >= 4 is 83.8 Å². The van der Waals surface area contributed by atoms with E-state index in [1.54, 1.807) is 56.1 Å². The fourth-order valence-electron chi connectivity index (χ4n) is 11.2. The molecule has 5 aliphatic rings. The lowest BCUT2D eigenvalue weighted by Gasteiger charge is -2.43. The summed E-state index contributed by atoms with van der Waals surface area (Å²) < 4.78 is 55.5. The number of halogens is 6. The predicted octanol–water partition coefficient (Wildman–Crippen LogP) is 6.13. The first kappa shape index (κ1) is 61.9. The maximum atomic E-state index is 15.1. The minimum atomic E-state index is -1.44. The van der Waals surface area contributed by atoms with Gasteiger partial charge in [-0.3, -0.25) is 33.8 Å². The molecule has 3 fully saturated rings. The Morgan fingerprint density at radius 3 is 2.24 bits per heavy atom.